The van der Waals surface area contributed by atoms with Crippen molar-refractivity contribution in [1.29, 1.82) is 0 Å². The third-order valence-electron chi connectivity index (χ3n) is 4.63. The van der Waals surface area contributed by atoms with Crippen molar-refractivity contribution in [2.45, 2.75) is 76.9 Å². The molecule has 1 saturated carbocycles. The highest BCUT2D eigenvalue weighted by Gasteiger charge is 2.21. The zero-order valence-electron chi connectivity index (χ0n) is 13.1. The van der Waals surface area contributed by atoms with Gasteiger partial charge in [0.1, 0.15) is 0 Å². The van der Waals surface area contributed by atoms with Crippen LogP contribution in [-0.4, -0.2) is 18.1 Å². The Morgan fingerprint density at radius 1 is 1.40 bits per heavy atom. The van der Waals surface area contributed by atoms with Gasteiger partial charge in [-0.15, -0.1) is 0 Å². The van der Waals surface area contributed by atoms with Gasteiger partial charge in [-0.25, -0.2) is 0 Å². The monoisotopic (exact) mass is 274 g/mol. The quantitative estimate of drug-likeness (QED) is 0.799. The Hall–Kier alpha value is -0.860. The second-order valence-corrected chi connectivity index (χ2v) is 6.34. The Balaban J connectivity index is 1.91. The topological polar surface area (TPSA) is 38.0 Å². The predicted molar refractivity (Wildman–Crippen MR) is 87.7 cm³/mol. The summed E-state index contributed by atoms with van der Waals surface area (Å²) in [6.07, 6.45) is 17.4. The molecule has 0 saturated heterocycles. The van der Waals surface area contributed by atoms with Crippen molar-refractivity contribution in [3.05, 3.63) is 35.5 Å². The second-order valence-electron chi connectivity index (χ2n) is 6.34. The van der Waals surface area contributed by atoms with E-state index in [9.17, 15) is 0 Å². The van der Waals surface area contributed by atoms with Crippen molar-refractivity contribution in [3.63, 3.8) is 0 Å². The highest BCUT2D eigenvalue weighted by atomic mass is 15.0. The summed E-state index contributed by atoms with van der Waals surface area (Å²) in [4.78, 5) is 0. The van der Waals surface area contributed by atoms with Gasteiger partial charge in [0.25, 0.3) is 0 Å². The van der Waals surface area contributed by atoms with Gasteiger partial charge in [-0.05, 0) is 57.4 Å². The van der Waals surface area contributed by atoms with Crippen LogP contribution in [0.5, 0.6) is 0 Å². The third kappa shape index (κ3) is 4.60. The molecule has 0 aliphatic heterocycles. The molecule has 3 N–H and O–H groups in total. The fourth-order valence-electron chi connectivity index (χ4n) is 3.28. The number of hydrogen-bond acceptors (Lipinski definition) is 2. The summed E-state index contributed by atoms with van der Waals surface area (Å²) in [7, 11) is 0. The average Bonchev–Trinajstić information content (AvgIpc) is 2.47. The Labute approximate surface area is 124 Å². The minimum Gasteiger partial charge on any atom is -0.328 e. The Kier molecular flexibility index (Phi) is 6.06. The molecule has 0 amide bonds. The van der Waals surface area contributed by atoms with E-state index in [1.165, 1.54) is 49.7 Å². The van der Waals surface area contributed by atoms with Gasteiger partial charge in [0.05, 0.1) is 0 Å². The van der Waals surface area contributed by atoms with Crippen LogP contribution in [0.2, 0.25) is 0 Å². The van der Waals surface area contributed by atoms with Crippen molar-refractivity contribution >= 4 is 0 Å². The summed E-state index contributed by atoms with van der Waals surface area (Å²) in [5.74, 6) is 0. The van der Waals surface area contributed by atoms with Crippen molar-refractivity contribution < 1.29 is 0 Å². The van der Waals surface area contributed by atoms with Gasteiger partial charge >= 0.3 is 0 Å². The van der Waals surface area contributed by atoms with Crippen LogP contribution in [0.25, 0.3) is 0 Å². The van der Waals surface area contributed by atoms with Gasteiger partial charge in [-0.1, -0.05) is 36.8 Å². The van der Waals surface area contributed by atoms with Crippen LogP contribution in [0, 0.1) is 0 Å². The molecule has 0 aromatic heterocycles. The van der Waals surface area contributed by atoms with Gasteiger partial charge in [0.15, 0.2) is 0 Å². The summed E-state index contributed by atoms with van der Waals surface area (Å²) >= 11 is 0. The molecule has 0 aromatic carbocycles. The molecule has 1 fully saturated rings. The van der Waals surface area contributed by atoms with Crippen molar-refractivity contribution in [3.8, 4) is 0 Å². The van der Waals surface area contributed by atoms with Gasteiger partial charge in [0.2, 0.25) is 0 Å². The summed E-state index contributed by atoms with van der Waals surface area (Å²) in [5.41, 5.74) is 8.93. The molecule has 2 heteroatoms. The standard InChI is InChI=1S/C18H30N2/c1-3-18(20-17-11-9-16(19)10-12-17)14(2)13-15-7-5-4-6-8-15/h4-5,7,13,16-18,20H,3,6,8-12,19H2,1-2H3/b14-13+. The SMILES string of the molecule is CCC(NC1CCC(N)CC1)/C(C)=C/C1=CC=CCC1. The highest BCUT2D eigenvalue weighted by molar-refractivity contribution is 5.31. The Morgan fingerprint density at radius 2 is 2.15 bits per heavy atom. The molecule has 1 atom stereocenters. The fourth-order valence-corrected chi connectivity index (χ4v) is 3.28. The largest absolute Gasteiger partial charge is 0.328 e. The van der Waals surface area contributed by atoms with Crippen LogP contribution < -0.4 is 11.1 Å². The van der Waals surface area contributed by atoms with E-state index < -0.39 is 0 Å². The lowest BCUT2D eigenvalue weighted by Gasteiger charge is -2.31. The van der Waals surface area contributed by atoms with E-state index in [1.54, 1.807) is 0 Å². The van der Waals surface area contributed by atoms with Gasteiger partial charge in [-0.2, -0.15) is 0 Å². The van der Waals surface area contributed by atoms with E-state index in [0.717, 1.165) is 6.42 Å². The van der Waals surface area contributed by atoms with E-state index in [2.05, 4.69) is 43.5 Å². The summed E-state index contributed by atoms with van der Waals surface area (Å²) in [6.45, 7) is 4.55. The van der Waals surface area contributed by atoms with Crippen molar-refractivity contribution in [2.75, 3.05) is 0 Å². The molecule has 0 radical (unpaired) electrons. The zero-order valence-corrected chi connectivity index (χ0v) is 13.1. The maximum atomic E-state index is 5.99. The molecule has 2 aliphatic carbocycles. The van der Waals surface area contributed by atoms with Crippen LogP contribution in [0.15, 0.2) is 35.5 Å². The average molecular weight is 274 g/mol. The van der Waals surface area contributed by atoms with Crippen molar-refractivity contribution in [2.24, 2.45) is 5.73 Å². The molecule has 2 nitrogen and oxygen atoms in total. The predicted octanol–water partition coefficient (Wildman–Crippen LogP) is 3.85. The summed E-state index contributed by atoms with van der Waals surface area (Å²) in [5, 5.41) is 3.85. The minimum atomic E-state index is 0.434. The molecule has 2 rings (SSSR count). The number of hydrogen-bond donors (Lipinski definition) is 2. The first kappa shape index (κ1) is 15.5. The minimum absolute atomic E-state index is 0.434. The molecule has 20 heavy (non-hydrogen) atoms. The van der Waals surface area contributed by atoms with E-state index in [-0.39, 0.29) is 0 Å². The maximum absolute atomic E-state index is 5.99. The first-order valence-corrected chi connectivity index (χ1v) is 8.24. The number of rotatable bonds is 5. The van der Waals surface area contributed by atoms with Gasteiger partial charge < -0.3 is 11.1 Å². The summed E-state index contributed by atoms with van der Waals surface area (Å²) in [6, 6.07) is 1.61. The lowest BCUT2D eigenvalue weighted by molar-refractivity contribution is 0.322. The van der Waals surface area contributed by atoms with Crippen LogP contribution in [0.1, 0.15) is 58.8 Å². The lowest BCUT2D eigenvalue weighted by atomic mass is 9.90. The molecular formula is C18H30N2. The summed E-state index contributed by atoms with van der Waals surface area (Å²) < 4.78 is 0. The molecule has 2 aliphatic rings. The number of nitrogens with two attached hydrogens (primary N) is 1. The number of nitrogens with one attached hydrogen (secondary N) is 1. The fraction of sp³-hybridized carbons (Fsp3) is 0.667. The van der Waals surface area contributed by atoms with E-state index in [4.69, 9.17) is 5.73 Å². The molecule has 0 bridgehead atoms. The normalized spacial score (nSPS) is 29.1. The van der Waals surface area contributed by atoms with Crippen LogP contribution in [-0.2, 0) is 0 Å². The Morgan fingerprint density at radius 3 is 2.75 bits per heavy atom. The molecule has 0 heterocycles. The first-order chi connectivity index (χ1) is 9.69. The molecule has 0 aromatic rings. The van der Waals surface area contributed by atoms with Gasteiger partial charge in [0, 0.05) is 18.1 Å². The first-order valence-electron chi connectivity index (χ1n) is 8.24. The highest BCUT2D eigenvalue weighted by Crippen LogP contribution is 2.21. The second kappa shape index (κ2) is 7.80. The number of allylic oxidation sites excluding steroid dienone is 5. The van der Waals surface area contributed by atoms with Crippen molar-refractivity contribution in [1.82, 2.24) is 5.32 Å². The van der Waals surface area contributed by atoms with Crippen LogP contribution >= 0.6 is 0 Å². The van der Waals surface area contributed by atoms with Crippen LogP contribution in [0.3, 0.4) is 0 Å². The van der Waals surface area contributed by atoms with Crippen LogP contribution in [0.4, 0.5) is 0 Å². The smallest absolute Gasteiger partial charge is 0.0279 e. The molecule has 1 unspecified atom stereocenters. The van der Waals surface area contributed by atoms with E-state index in [0.29, 0.717) is 18.1 Å². The van der Waals surface area contributed by atoms with E-state index >= 15 is 0 Å². The lowest BCUT2D eigenvalue weighted by Crippen LogP contribution is -2.43. The maximum Gasteiger partial charge on any atom is 0.0279 e. The zero-order chi connectivity index (χ0) is 14.4. The molecule has 112 valence electrons. The molecule has 0 spiro atoms. The molecular weight excluding hydrogens is 244 g/mol. The van der Waals surface area contributed by atoms with E-state index in [1.807, 2.05) is 0 Å². The third-order valence-corrected chi connectivity index (χ3v) is 4.63. The van der Waals surface area contributed by atoms with Gasteiger partial charge in [-0.3, -0.25) is 0 Å². The Bertz CT molecular complexity index is 384.